The van der Waals surface area contributed by atoms with E-state index in [-0.39, 0.29) is 53.1 Å². The minimum absolute atomic E-state index is 0.0366. The summed E-state index contributed by atoms with van der Waals surface area (Å²) < 4.78 is 28.5. The molecule has 5 fully saturated rings. The van der Waals surface area contributed by atoms with Gasteiger partial charge < -0.3 is 19.3 Å². The number of aromatic nitrogens is 3. The molecule has 1 amide bonds. The molecular weight excluding hydrogens is 611 g/mol. The van der Waals surface area contributed by atoms with E-state index in [1.54, 1.807) is 6.20 Å². The molecule has 2 unspecified atom stereocenters. The summed E-state index contributed by atoms with van der Waals surface area (Å²) in [6.07, 6.45) is 13.0. The molecular formula is C37H35FN6O4. The first-order valence-electron chi connectivity index (χ1n) is 16.9. The number of rotatable bonds is 6. The Morgan fingerprint density at radius 1 is 1.08 bits per heavy atom. The first-order valence-corrected chi connectivity index (χ1v) is 16.9. The maximum Gasteiger partial charge on any atom is 0.319 e. The van der Waals surface area contributed by atoms with Gasteiger partial charge in [0.15, 0.2) is 11.9 Å². The zero-order valence-corrected chi connectivity index (χ0v) is 26.5. The number of anilines is 1. The van der Waals surface area contributed by atoms with E-state index in [1.165, 1.54) is 0 Å². The number of hydrogen-bond donors (Lipinski definition) is 0. The van der Waals surface area contributed by atoms with Crippen LogP contribution in [0, 0.1) is 18.2 Å². The Morgan fingerprint density at radius 2 is 1.81 bits per heavy atom. The number of benzene rings is 2. The van der Waals surface area contributed by atoms with E-state index in [0.29, 0.717) is 42.0 Å². The van der Waals surface area contributed by atoms with Gasteiger partial charge in [-0.25, -0.2) is 4.39 Å². The summed E-state index contributed by atoms with van der Waals surface area (Å²) in [4.78, 5) is 45.5. The third-order valence-electron chi connectivity index (χ3n) is 11.2. The molecule has 2 bridgehead atoms. The number of fused-ring (bicyclic) bond motifs is 5. The van der Waals surface area contributed by atoms with Crippen LogP contribution in [0.3, 0.4) is 0 Å². The number of piperazine rings is 1. The van der Waals surface area contributed by atoms with E-state index in [0.717, 1.165) is 62.4 Å². The number of amides is 1. The molecule has 0 spiro atoms. The van der Waals surface area contributed by atoms with E-state index >= 15 is 4.39 Å². The molecule has 11 heteroatoms. The van der Waals surface area contributed by atoms with Crippen molar-refractivity contribution in [2.45, 2.75) is 68.7 Å². The van der Waals surface area contributed by atoms with Crippen molar-refractivity contribution in [3.8, 4) is 29.6 Å². The second kappa shape index (κ2) is 11.1. The van der Waals surface area contributed by atoms with Gasteiger partial charge in [0, 0.05) is 47.9 Å². The maximum atomic E-state index is 16.9. The molecule has 0 radical (unpaired) electrons. The second-order valence-electron chi connectivity index (χ2n) is 13.8. The smallest absolute Gasteiger partial charge is 0.319 e. The highest BCUT2D eigenvalue weighted by Crippen LogP contribution is 2.41. The molecule has 0 N–H and O–H groups in total. The number of carbonyl (C=O) groups is 2. The van der Waals surface area contributed by atoms with Crippen LogP contribution in [0.1, 0.15) is 50.5 Å². The van der Waals surface area contributed by atoms with Crippen molar-refractivity contribution in [2.24, 2.45) is 0 Å². The van der Waals surface area contributed by atoms with Crippen molar-refractivity contribution in [1.29, 1.82) is 0 Å². The van der Waals surface area contributed by atoms with Crippen LogP contribution in [0.5, 0.6) is 6.01 Å². The van der Waals surface area contributed by atoms with Gasteiger partial charge in [-0.05, 0) is 63.1 Å². The molecule has 0 aliphatic carbocycles. The Hall–Kier alpha value is -4.82. The minimum Gasteiger partial charge on any atom is -0.461 e. The number of esters is 1. The standard InChI is InChI=1S/C37H35FN6O4/c1-2-22-7-3-8-23-9-4-10-26(30(22)23)32-31(38)33-27(18-39-32)34(41-36(40-33)47-21-37-13-5-15-43(37)16-6-14-37)42-19-24-11-12-25(20-42)44(24)35(46)28-17-29(45)48-28/h1,3-4,7-10,18,24-25,28H,5-6,11-17,19-21H2/t24?,25?,28-/m0/s1. The SMILES string of the molecule is C#Cc1cccc2cccc(-c3ncc4c(N5CC6CCC(C5)N6C(=O)[C@@H]5CC(=O)O5)nc(OCC56CCCN5CCC6)nc4c3F)c12. The molecule has 2 aromatic carbocycles. The number of halogens is 1. The first-order chi connectivity index (χ1) is 23.4. The summed E-state index contributed by atoms with van der Waals surface area (Å²) in [6, 6.07) is 11.3. The van der Waals surface area contributed by atoms with Gasteiger partial charge in [0.2, 0.25) is 0 Å². The van der Waals surface area contributed by atoms with Crippen molar-refractivity contribution in [1.82, 2.24) is 24.8 Å². The van der Waals surface area contributed by atoms with Crippen molar-refractivity contribution in [2.75, 3.05) is 37.7 Å². The highest BCUT2D eigenvalue weighted by Gasteiger charge is 2.49. The van der Waals surface area contributed by atoms with E-state index in [9.17, 15) is 9.59 Å². The Kier molecular flexibility index (Phi) is 6.80. The number of pyridine rings is 1. The van der Waals surface area contributed by atoms with Gasteiger partial charge in [-0.15, -0.1) is 6.42 Å². The fourth-order valence-corrected chi connectivity index (χ4v) is 8.87. The van der Waals surface area contributed by atoms with Crippen molar-refractivity contribution in [3.05, 3.63) is 54.0 Å². The molecule has 48 heavy (non-hydrogen) atoms. The molecule has 2 aromatic heterocycles. The zero-order chi connectivity index (χ0) is 32.6. The van der Waals surface area contributed by atoms with Gasteiger partial charge in [-0.2, -0.15) is 9.97 Å². The predicted molar refractivity (Wildman–Crippen MR) is 177 cm³/mol. The van der Waals surface area contributed by atoms with Crippen LogP contribution in [-0.2, 0) is 14.3 Å². The lowest BCUT2D eigenvalue weighted by Gasteiger charge is -2.43. The van der Waals surface area contributed by atoms with Crippen LogP contribution in [-0.4, -0.2) is 93.1 Å². The van der Waals surface area contributed by atoms with E-state index in [1.807, 2.05) is 41.3 Å². The number of hydrogen-bond acceptors (Lipinski definition) is 9. The maximum absolute atomic E-state index is 16.9. The lowest BCUT2D eigenvalue weighted by Crippen LogP contribution is -2.60. The lowest BCUT2D eigenvalue weighted by molar-refractivity contribution is -0.180. The summed E-state index contributed by atoms with van der Waals surface area (Å²) in [5, 5.41) is 2.14. The fraction of sp³-hybridized carbons (Fsp3) is 0.432. The van der Waals surface area contributed by atoms with Gasteiger partial charge in [-0.3, -0.25) is 19.5 Å². The first kappa shape index (κ1) is 29.3. The minimum atomic E-state index is -0.696. The van der Waals surface area contributed by atoms with Gasteiger partial charge >= 0.3 is 12.0 Å². The average Bonchev–Trinajstić information content (AvgIpc) is 3.75. The Balaban J connectivity index is 1.12. The predicted octanol–water partition coefficient (Wildman–Crippen LogP) is 4.47. The third-order valence-corrected chi connectivity index (χ3v) is 11.2. The van der Waals surface area contributed by atoms with Crippen LogP contribution >= 0.6 is 0 Å². The third kappa shape index (κ3) is 4.53. The van der Waals surface area contributed by atoms with Gasteiger partial charge in [0.25, 0.3) is 5.91 Å². The fourth-order valence-electron chi connectivity index (χ4n) is 8.87. The molecule has 244 valence electrons. The van der Waals surface area contributed by atoms with Gasteiger partial charge in [0.1, 0.15) is 23.6 Å². The highest BCUT2D eigenvalue weighted by atomic mass is 19.1. The topological polar surface area (TPSA) is 101 Å². The Morgan fingerprint density at radius 3 is 2.52 bits per heavy atom. The van der Waals surface area contributed by atoms with E-state index in [4.69, 9.17) is 25.9 Å². The quantitative estimate of drug-likeness (QED) is 0.222. The largest absolute Gasteiger partial charge is 0.461 e. The van der Waals surface area contributed by atoms with Crippen molar-refractivity contribution >= 4 is 39.4 Å². The summed E-state index contributed by atoms with van der Waals surface area (Å²) in [6.45, 7) is 3.58. The normalized spacial score (nSPS) is 24.4. The lowest BCUT2D eigenvalue weighted by atomic mass is 9.95. The second-order valence-corrected chi connectivity index (χ2v) is 13.8. The Labute approximate surface area is 277 Å². The molecule has 5 aliphatic heterocycles. The Bertz CT molecular complexity index is 2010. The van der Waals surface area contributed by atoms with Crippen LogP contribution in [0.2, 0.25) is 0 Å². The molecule has 4 aromatic rings. The zero-order valence-electron chi connectivity index (χ0n) is 26.5. The summed E-state index contributed by atoms with van der Waals surface area (Å²) >= 11 is 0. The highest BCUT2D eigenvalue weighted by molar-refractivity contribution is 6.02. The number of ether oxygens (including phenoxy) is 2. The molecule has 0 saturated carbocycles. The summed E-state index contributed by atoms with van der Waals surface area (Å²) in [7, 11) is 0. The molecule has 5 aliphatic rings. The summed E-state index contributed by atoms with van der Waals surface area (Å²) in [5.41, 5.74) is 1.51. The number of carbonyl (C=O) groups excluding carboxylic acids is 2. The van der Waals surface area contributed by atoms with Gasteiger partial charge in [0.05, 0.1) is 17.3 Å². The molecule has 9 rings (SSSR count). The molecule has 7 heterocycles. The van der Waals surface area contributed by atoms with E-state index in [2.05, 4.69) is 20.7 Å². The number of terminal acetylenes is 1. The van der Waals surface area contributed by atoms with E-state index < -0.39 is 11.9 Å². The van der Waals surface area contributed by atoms with Crippen molar-refractivity contribution in [3.63, 3.8) is 0 Å². The number of cyclic esters (lactones) is 1. The van der Waals surface area contributed by atoms with Crippen LogP contribution in [0.25, 0.3) is 32.9 Å². The monoisotopic (exact) mass is 646 g/mol. The number of nitrogens with zero attached hydrogens (tertiary/aromatic N) is 6. The van der Waals surface area contributed by atoms with Gasteiger partial charge in [-0.1, -0.05) is 36.3 Å². The van der Waals surface area contributed by atoms with Crippen LogP contribution in [0.15, 0.2) is 42.6 Å². The summed E-state index contributed by atoms with van der Waals surface area (Å²) in [5.74, 6) is 2.25. The van der Waals surface area contributed by atoms with Crippen molar-refractivity contribution < 1.29 is 23.5 Å². The van der Waals surface area contributed by atoms with Crippen LogP contribution in [0.4, 0.5) is 10.2 Å². The molecule has 10 nitrogen and oxygen atoms in total. The average molecular weight is 647 g/mol. The molecule has 3 atom stereocenters. The van der Waals surface area contributed by atoms with Crippen LogP contribution < -0.4 is 9.64 Å². The molecule has 5 saturated heterocycles.